The Kier molecular flexibility index (Phi) is 4.68. The third-order valence-electron chi connectivity index (χ3n) is 2.42. The predicted octanol–water partition coefficient (Wildman–Crippen LogP) is 1.12. The maximum absolute atomic E-state index is 13.8. The first kappa shape index (κ1) is 15.5. The van der Waals surface area contributed by atoms with Gasteiger partial charge in [0.2, 0.25) is 5.82 Å². The van der Waals surface area contributed by atoms with Crippen LogP contribution in [0.4, 0.5) is 14.5 Å². The number of rotatable bonds is 4. The second kappa shape index (κ2) is 6.04. The summed E-state index contributed by atoms with van der Waals surface area (Å²) in [5.41, 5.74) is -2.12. The van der Waals surface area contributed by atoms with Crippen molar-refractivity contribution in [2.45, 2.75) is 0 Å². The van der Waals surface area contributed by atoms with Gasteiger partial charge in [0.15, 0.2) is 0 Å². The Labute approximate surface area is 111 Å². The first-order valence-corrected chi connectivity index (χ1v) is 5.24. The number of methoxy groups -OCH3 is 1. The van der Waals surface area contributed by atoms with E-state index in [0.29, 0.717) is 17.0 Å². The molecular weight excluding hydrogens is 278 g/mol. The van der Waals surface area contributed by atoms with Crippen molar-refractivity contribution < 1.29 is 28.0 Å². The average Bonchev–Trinajstić information content (AvgIpc) is 2.37. The van der Waals surface area contributed by atoms with Crippen molar-refractivity contribution in [2.24, 2.45) is 0 Å². The monoisotopic (exact) mass is 288 g/mol. The highest BCUT2D eigenvalue weighted by molar-refractivity contribution is 5.96. The molecule has 1 aromatic carbocycles. The Hall–Kier alpha value is -2.58. The predicted molar refractivity (Wildman–Crippen MR) is 62.0 cm³/mol. The molecule has 1 aromatic rings. The number of likely N-dealkylation sites (N-methyl/N-ethyl adjacent to an activating group) is 1. The van der Waals surface area contributed by atoms with Crippen molar-refractivity contribution in [1.29, 1.82) is 0 Å². The number of carbonyl (C=O) groups excluding carboxylic acids is 2. The molecule has 0 atom stereocenters. The molecule has 9 heteroatoms. The third kappa shape index (κ3) is 3.05. The summed E-state index contributed by atoms with van der Waals surface area (Å²) in [5, 5.41) is 10.5. The fraction of sp³-hybridized carbons (Fsp3) is 0.273. The van der Waals surface area contributed by atoms with Crippen LogP contribution in [0.2, 0.25) is 0 Å². The van der Waals surface area contributed by atoms with Gasteiger partial charge in [-0.15, -0.1) is 0 Å². The minimum Gasteiger partial charge on any atom is -0.468 e. The quantitative estimate of drug-likeness (QED) is 0.470. The van der Waals surface area contributed by atoms with E-state index in [1.54, 1.807) is 0 Å². The fourth-order valence-corrected chi connectivity index (χ4v) is 1.40. The fourth-order valence-electron chi connectivity index (χ4n) is 1.40. The van der Waals surface area contributed by atoms with E-state index >= 15 is 0 Å². The first-order chi connectivity index (χ1) is 9.29. The van der Waals surface area contributed by atoms with Gasteiger partial charge in [-0.3, -0.25) is 19.7 Å². The number of esters is 1. The molecule has 0 unspecified atom stereocenters. The van der Waals surface area contributed by atoms with Gasteiger partial charge in [-0.05, 0) is 6.07 Å². The minimum absolute atomic E-state index is 0.545. The Bertz CT molecular complexity index is 576. The Balaban J connectivity index is 3.18. The number of amides is 1. The molecule has 0 N–H and O–H groups in total. The molecule has 0 heterocycles. The zero-order chi connectivity index (χ0) is 15.4. The molecule has 0 aliphatic rings. The molecule has 0 aliphatic carbocycles. The number of hydrogen-bond donors (Lipinski definition) is 0. The second-order valence-electron chi connectivity index (χ2n) is 3.75. The lowest BCUT2D eigenvalue weighted by atomic mass is 10.1. The summed E-state index contributed by atoms with van der Waals surface area (Å²) in [6, 6.07) is 1.22. The number of nitro groups is 1. The zero-order valence-corrected chi connectivity index (χ0v) is 10.6. The van der Waals surface area contributed by atoms with Gasteiger partial charge in [0.1, 0.15) is 17.9 Å². The van der Waals surface area contributed by atoms with Gasteiger partial charge in [0.25, 0.3) is 5.91 Å². The standard InChI is InChI=1S/C11H10F2N2O5/c1-14(5-8(16)20-2)11(17)9-6(12)3-4-7(10(9)13)15(18)19/h3-4H,5H2,1-2H3. The molecule has 0 saturated carbocycles. The summed E-state index contributed by atoms with van der Waals surface area (Å²) in [6.45, 7) is -0.545. The lowest BCUT2D eigenvalue weighted by Gasteiger charge is -2.16. The maximum atomic E-state index is 13.8. The third-order valence-corrected chi connectivity index (χ3v) is 2.42. The molecule has 108 valence electrons. The summed E-state index contributed by atoms with van der Waals surface area (Å²) >= 11 is 0. The van der Waals surface area contributed by atoms with E-state index in [0.717, 1.165) is 14.2 Å². The number of hydrogen-bond acceptors (Lipinski definition) is 5. The summed E-state index contributed by atoms with van der Waals surface area (Å²) < 4.78 is 31.6. The van der Waals surface area contributed by atoms with Crippen LogP contribution in [0.25, 0.3) is 0 Å². The maximum Gasteiger partial charge on any atom is 0.325 e. The highest BCUT2D eigenvalue weighted by Crippen LogP contribution is 2.24. The van der Waals surface area contributed by atoms with Gasteiger partial charge in [-0.2, -0.15) is 4.39 Å². The van der Waals surface area contributed by atoms with Gasteiger partial charge >= 0.3 is 11.7 Å². The van der Waals surface area contributed by atoms with Crippen molar-refractivity contribution in [1.82, 2.24) is 4.90 Å². The molecule has 0 spiro atoms. The van der Waals surface area contributed by atoms with Gasteiger partial charge in [0, 0.05) is 13.1 Å². The smallest absolute Gasteiger partial charge is 0.325 e. The number of benzene rings is 1. The number of nitrogens with zero attached hydrogens (tertiary/aromatic N) is 2. The van der Waals surface area contributed by atoms with E-state index < -0.39 is 46.2 Å². The van der Waals surface area contributed by atoms with E-state index in [2.05, 4.69) is 4.74 Å². The summed E-state index contributed by atoms with van der Waals surface area (Å²) in [7, 11) is 2.19. The topological polar surface area (TPSA) is 89.8 Å². The van der Waals surface area contributed by atoms with E-state index in [4.69, 9.17) is 0 Å². The van der Waals surface area contributed by atoms with Gasteiger partial charge in [-0.1, -0.05) is 0 Å². The lowest BCUT2D eigenvalue weighted by molar-refractivity contribution is -0.387. The number of nitro benzene ring substituents is 1. The SMILES string of the molecule is COC(=O)CN(C)C(=O)c1c(F)ccc([N+](=O)[O-])c1F. The van der Waals surface area contributed by atoms with Crippen LogP contribution in [0.5, 0.6) is 0 Å². The summed E-state index contributed by atoms with van der Waals surface area (Å²) in [4.78, 5) is 33.0. The van der Waals surface area contributed by atoms with Gasteiger partial charge < -0.3 is 9.64 Å². The summed E-state index contributed by atoms with van der Waals surface area (Å²) in [6.07, 6.45) is 0. The number of halogens is 2. The zero-order valence-electron chi connectivity index (χ0n) is 10.6. The highest BCUT2D eigenvalue weighted by Gasteiger charge is 2.28. The lowest BCUT2D eigenvalue weighted by Crippen LogP contribution is -2.33. The first-order valence-electron chi connectivity index (χ1n) is 5.24. The molecule has 7 nitrogen and oxygen atoms in total. The van der Waals surface area contributed by atoms with Crippen molar-refractivity contribution >= 4 is 17.6 Å². The molecule has 0 fully saturated rings. The highest BCUT2D eigenvalue weighted by atomic mass is 19.1. The van der Waals surface area contributed by atoms with Crippen molar-refractivity contribution in [2.75, 3.05) is 20.7 Å². The number of ether oxygens (including phenoxy) is 1. The Morgan fingerprint density at radius 3 is 2.50 bits per heavy atom. The average molecular weight is 288 g/mol. The van der Waals surface area contributed by atoms with Crippen LogP contribution in [0.1, 0.15) is 10.4 Å². The van der Waals surface area contributed by atoms with Crippen molar-refractivity contribution in [3.8, 4) is 0 Å². The van der Waals surface area contributed by atoms with Crippen LogP contribution in [-0.2, 0) is 9.53 Å². The molecule has 0 bridgehead atoms. The van der Waals surface area contributed by atoms with Gasteiger partial charge in [0.05, 0.1) is 12.0 Å². The molecule has 0 aliphatic heterocycles. The van der Waals surface area contributed by atoms with E-state index in [9.17, 15) is 28.5 Å². The molecule has 0 aromatic heterocycles. The van der Waals surface area contributed by atoms with Gasteiger partial charge in [-0.25, -0.2) is 4.39 Å². The molecule has 20 heavy (non-hydrogen) atoms. The number of carbonyl (C=O) groups is 2. The van der Waals surface area contributed by atoms with Crippen LogP contribution in [-0.4, -0.2) is 42.4 Å². The van der Waals surface area contributed by atoms with E-state index in [-0.39, 0.29) is 0 Å². The largest absolute Gasteiger partial charge is 0.468 e. The minimum atomic E-state index is -1.59. The molecule has 0 radical (unpaired) electrons. The van der Waals surface area contributed by atoms with Crippen LogP contribution >= 0.6 is 0 Å². The van der Waals surface area contributed by atoms with E-state index in [1.165, 1.54) is 0 Å². The second-order valence-corrected chi connectivity index (χ2v) is 3.75. The Morgan fingerprint density at radius 1 is 1.40 bits per heavy atom. The Morgan fingerprint density at radius 2 is 2.00 bits per heavy atom. The molecule has 1 amide bonds. The molecule has 1 rings (SSSR count). The van der Waals surface area contributed by atoms with Crippen LogP contribution in [0.15, 0.2) is 12.1 Å². The van der Waals surface area contributed by atoms with Crippen LogP contribution < -0.4 is 0 Å². The van der Waals surface area contributed by atoms with Crippen LogP contribution in [0, 0.1) is 21.7 Å². The van der Waals surface area contributed by atoms with Crippen LogP contribution in [0.3, 0.4) is 0 Å². The molecular formula is C11H10F2N2O5. The summed E-state index contributed by atoms with van der Waals surface area (Å²) in [5.74, 6) is -4.84. The molecule has 0 saturated heterocycles. The van der Waals surface area contributed by atoms with Crippen molar-refractivity contribution in [3.05, 3.63) is 39.4 Å². The van der Waals surface area contributed by atoms with Crippen molar-refractivity contribution in [3.63, 3.8) is 0 Å². The normalized spacial score (nSPS) is 10.0. The van der Waals surface area contributed by atoms with E-state index in [1.807, 2.05) is 0 Å².